The zero-order chi connectivity index (χ0) is 15.2. The van der Waals surface area contributed by atoms with E-state index >= 15 is 0 Å². The summed E-state index contributed by atoms with van der Waals surface area (Å²) < 4.78 is 6.03. The molecule has 116 valence electrons. The fourth-order valence-electron chi connectivity index (χ4n) is 3.07. The molecule has 1 heterocycles. The molecule has 3 rings (SSSR count). The van der Waals surface area contributed by atoms with E-state index in [-0.39, 0.29) is 0 Å². The quantitative estimate of drug-likeness (QED) is 0.556. The van der Waals surface area contributed by atoms with Crippen LogP contribution in [0.1, 0.15) is 45.4 Å². The van der Waals surface area contributed by atoms with Gasteiger partial charge in [-0.05, 0) is 30.7 Å². The minimum absolute atomic E-state index is 0.965. The minimum atomic E-state index is 0.965. The topological polar surface area (TPSA) is 12.5 Å². The molecule has 2 aromatic rings. The number of rotatable bonds is 7. The van der Waals surface area contributed by atoms with Gasteiger partial charge in [-0.1, -0.05) is 63.3 Å². The van der Waals surface area contributed by atoms with Crippen molar-refractivity contribution >= 4 is 11.4 Å². The molecule has 0 aliphatic carbocycles. The van der Waals surface area contributed by atoms with Crippen LogP contribution >= 0.6 is 0 Å². The molecule has 0 atom stereocenters. The van der Waals surface area contributed by atoms with Crippen LogP contribution in [0.15, 0.2) is 48.5 Å². The van der Waals surface area contributed by atoms with Crippen molar-refractivity contribution in [1.29, 1.82) is 0 Å². The SMILES string of the molecule is CCCCCCCCN1c2ccccc2Oc2ccccc21. The molecule has 0 saturated heterocycles. The molecular weight excluding hydrogens is 270 g/mol. The van der Waals surface area contributed by atoms with Gasteiger partial charge < -0.3 is 9.64 Å². The molecule has 0 fully saturated rings. The zero-order valence-electron chi connectivity index (χ0n) is 13.4. The molecule has 0 spiro atoms. The summed E-state index contributed by atoms with van der Waals surface area (Å²) in [6.45, 7) is 3.32. The predicted molar refractivity (Wildman–Crippen MR) is 93.3 cm³/mol. The highest BCUT2D eigenvalue weighted by Crippen LogP contribution is 2.46. The Balaban J connectivity index is 1.70. The molecule has 2 nitrogen and oxygen atoms in total. The summed E-state index contributed by atoms with van der Waals surface area (Å²) in [6.07, 6.45) is 7.93. The highest BCUT2D eigenvalue weighted by Gasteiger charge is 2.22. The maximum Gasteiger partial charge on any atom is 0.151 e. The van der Waals surface area contributed by atoms with E-state index in [0.29, 0.717) is 0 Å². The molecule has 0 saturated carbocycles. The molecule has 22 heavy (non-hydrogen) atoms. The van der Waals surface area contributed by atoms with Gasteiger partial charge in [-0.25, -0.2) is 0 Å². The van der Waals surface area contributed by atoms with Crippen molar-refractivity contribution in [2.45, 2.75) is 45.4 Å². The summed E-state index contributed by atoms with van der Waals surface area (Å²) in [7, 11) is 0. The third kappa shape index (κ3) is 3.27. The van der Waals surface area contributed by atoms with E-state index in [4.69, 9.17) is 4.74 Å². The first-order chi connectivity index (χ1) is 10.9. The molecule has 1 aliphatic heterocycles. The monoisotopic (exact) mass is 295 g/mol. The van der Waals surface area contributed by atoms with E-state index in [1.165, 1.54) is 49.9 Å². The number of hydrogen-bond acceptors (Lipinski definition) is 2. The Labute approximate surface area is 133 Å². The first kappa shape index (κ1) is 15.0. The van der Waals surface area contributed by atoms with Crippen molar-refractivity contribution in [3.63, 3.8) is 0 Å². The van der Waals surface area contributed by atoms with E-state index < -0.39 is 0 Å². The maximum atomic E-state index is 6.03. The number of unbranched alkanes of at least 4 members (excludes halogenated alkanes) is 5. The smallest absolute Gasteiger partial charge is 0.151 e. The summed E-state index contributed by atoms with van der Waals surface area (Å²) in [5, 5.41) is 0. The summed E-state index contributed by atoms with van der Waals surface area (Å²) in [4.78, 5) is 2.41. The van der Waals surface area contributed by atoms with Crippen LogP contribution in [-0.4, -0.2) is 6.54 Å². The van der Waals surface area contributed by atoms with Crippen LogP contribution < -0.4 is 9.64 Å². The molecular formula is C20H25NO. The van der Waals surface area contributed by atoms with Gasteiger partial charge in [0, 0.05) is 6.54 Å². The molecule has 0 unspecified atom stereocenters. The van der Waals surface area contributed by atoms with Gasteiger partial charge in [0.15, 0.2) is 11.5 Å². The summed E-state index contributed by atoms with van der Waals surface area (Å²) >= 11 is 0. The van der Waals surface area contributed by atoms with E-state index in [1.807, 2.05) is 12.1 Å². The predicted octanol–water partition coefficient (Wildman–Crippen LogP) is 6.29. The number of anilines is 2. The summed E-state index contributed by atoms with van der Waals surface area (Å²) in [5.74, 6) is 1.93. The van der Waals surface area contributed by atoms with Crippen molar-refractivity contribution in [2.24, 2.45) is 0 Å². The van der Waals surface area contributed by atoms with Gasteiger partial charge in [0.2, 0.25) is 0 Å². The number of hydrogen-bond donors (Lipinski definition) is 0. The molecule has 1 aliphatic rings. The minimum Gasteiger partial charge on any atom is -0.453 e. The molecule has 2 heteroatoms. The molecule has 0 amide bonds. The van der Waals surface area contributed by atoms with E-state index in [1.54, 1.807) is 0 Å². The van der Waals surface area contributed by atoms with Crippen LogP contribution in [0.25, 0.3) is 0 Å². The second kappa shape index (κ2) is 7.35. The van der Waals surface area contributed by atoms with Crippen molar-refractivity contribution in [3.05, 3.63) is 48.5 Å². The van der Waals surface area contributed by atoms with Crippen LogP contribution in [0.5, 0.6) is 11.5 Å². The average molecular weight is 295 g/mol. The second-order valence-corrected chi connectivity index (χ2v) is 5.96. The summed E-state index contributed by atoms with van der Waals surface area (Å²) in [5.41, 5.74) is 2.38. The zero-order valence-corrected chi connectivity index (χ0v) is 13.4. The highest BCUT2D eigenvalue weighted by molar-refractivity contribution is 5.77. The third-order valence-corrected chi connectivity index (χ3v) is 4.27. The number of ether oxygens (including phenoxy) is 1. The van der Waals surface area contributed by atoms with Gasteiger partial charge in [0.05, 0.1) is 11.4 Å². The van der Waals surface area contributed by atoms with Crippen molar-refractivity contribution in [1.82, 2.24) is 0 Å². The van der Waals surface area contributed by atoms with E-state index in [9.17, 15) is 0 Å². The lowest BCUT2D eigenvalue weighted by molar-refractivity contribution is 0.471. The normalized spacial score (nSPS) is 12.5. The fourth-order valence-corrected chi connectivity index (χ4v) is 3.07. The van der Waals surface area contributed by atoms with Gasteiger partial charge in [0.1, 0.15) is 0 Å². The maximum absolute atomic E-state index is 6.03. The largest absolute Gasteiger partial charge is 0.453 e. The molecule has 0 radical (unpaired) electrons. The number of benzene rings is 2. The van der Waals surface area contributed by atoms with Crippen LogP contribution in [0.2, 0.25) is 0 Å². The van der Waals surface area contributed by atoms with Crippen LogP contribution in [0.3, 0.4) is 0 Å². The van der Waals surface area contributed by atoms with Gasteiger partial charge in [-0.2, -0.15) is 0 Å². The van der Waals surface area contributed by atoms with E-state index in [2.05, 4.69) is 48.2 Å². The van der Waals surface area contributed by atoms with Crippen molar-refractivity contribution in [3.8, 4) is 11.5 Å². The second-order valence-electron chi connectivity index (χ2n) is 5.96. The first-order valence-electron chi connectivity index (χ1n) is 8.53. The molecule has 0 bridgehead atoms. The average Bonchev–Trinajstić information content (AvgIpc) is 2.57. The Morgan fingerprint density at radius 2 is 1.27 bits per heavy atom. The fraction of sp³-hybridized carbons (Fsp3) is 0.400. The van der Waals surface area contributed by atoms with Crippen molar-refractivity contribution < 1.29 is 4.74 Å². The van der Waals surface area contributed by atoms with Gasteiger partial charge in [-0.15, -0.1) is 0 Å². The number of nitrogens with zero attached hydrogens (tertiary/aromatic N) is 1. The lowest BCUT2D eigenvalue weighted by atomic mass is 10.1. The Hall–Kier alpha value is -1.96. The third-order valence-electron chi connectivity index (χ3n) is 4.27. The summed E-state index contributed by atoms with van der Waals surface area (Å²) in [6, 6.07) is 16.7. The van der Waals surface area contributed by atoms with Gasteiger partial charge in [-0.3, -0.25) is 0 Å². The highest BCUT2D eigenvalue weighted by atomic mass is 16.5. The number of para-hydroxylation sites is 4. The lowest BCUT2D eigenvalue weighted by Crippen LogP contribution is -2.22. The Morgan fingerprint density at radius 1 is 0.727 bits per heavy atom. The number of fused-ring (bicyclic) bond motifs is 2. The van der Waals surface area contributed by atoms with Crippen LogP contribution in [0, 0.1) is 0 Å². The van der Waals surface area contributed by atoms with Gasteiger partial charge >= 0.3 is 0 Å². The van der Waals surface area contributed by atoms with Gasteiger partial charge in [0.25, 0.3) is 0 Å². The molecule has 0 N–H and O–H groups in total. The first-order valence-corrected chi connectivity index (χ1v) is 8.53. The Morgan fingerprint density at radius 3 is 1.91 bits per heavy atom. The van der Waals surface area contributed by atoms with Crippen molar-refractivity contribution in [2.75, 3.05) is 11.4 Å². The van der Waals surface area contributed by atoms with Crippen LogP contribution in [0.4, 0.5) is 11.4 Å². The Bertz CT molecular complexity index is 563. The standard InChI is InChI=1S/C20H25NO/c1-2-3-4-5-6-11-16-21-17-12-7-9-14-19(17)22-20-15-10-8-13-18(20)21/h7-10,12-15H,2-6,11,16H2,1H3. The van der Waals surface area contributed by atoms with E-state index in [0.717, 1.165) is 18.0 Å². The Kier molecular flexibility index (Phi) is 4.99. The lowest BCUT2D eigenvalue weighted by Gasteiger charge is -2.32. The molecule has 2 aromatic carbocycles. The molecule has 0 aromatic heterocycles. The van der Waals surface area contributed by atoms with Crippen LogP contribution in [-0.2, 0) is 0 Å².